The Morgan fingerprint density at radius 3 is 1.47 bits per heavy atom. The van der Waals surface area contributed by atoms with E-state index >= 15 is 0 Å². The molecule has 0 amide bonds. The SMILES string of the molecule is CCC(C)O.CCC(O)CC.CCC1(C)CO1.CCC1CO1.CCC1CSC(=S)O1.CCCO.CCCOC(=O)CCS.Cn1c(=O)n(C)c(=O)n(C)c1=O. The second kappa shape index (κ2) is 37.8. The molecule has 0 saturated carbocycles. The Labute approximate surface area is 346 Å². The molecule has 14 nitrogen and oxygen atoms in total. The lowest BCUT2D eigenvalue weighted by atomic mass is 10.1. The first-order valence-corrected chi connectivity index (χ1v) is 21.5. The van der Waals surface area contributed by atoms with Crippen LogP contribution in [0.1, 0.15) is 127 Å². The summed E-state index contributed by atoms with van der Waals surface area (Å²) in [6.45, 7) is 22.9. The van der Waals surface area contributed by atoms with Crippen molar-refractivity contribution in [2.45, 2.75) is 157 Å². The molecular weight excluding hydrogens is 771 g/mol. The molecule has 4 unspecified atom stereocenters. The van der Waals surface area contributed by atoms with E-state index in [1.165, 1.54) is 27.6 Å². The van der Waals surface area contributed by atoms with Gasteiger partial charge in [0.2, 0.25) is 4.38 Å². The number of ether oxygens (including phenoxy) is 4. The van der Waals surface area contributed by atoms with E-state index in [0.29, 0.717) is 43.2 Å². The molecule has 4 atom stereocenters. The van der Waals surface area contributed by atoms with E-state index in [1.54, 1.807) is 18.7 Å². The summed E-state index contributed by atoms with van der Waals surface area (Å²) in [6, 6.07) is 0. The van der Waals surface area contributed by atoms with E-state index in [9.17, 15) is 19.2 Å². The second-order valence-corrected chi connectivity index (χ2v) is 14.9. The molecule has 0 bridgehead atoms. The third kappa shape index (κ3) is 36.4. The highest BCUT2D eigenvalue weighted by Crippen LogP contribution is 2.28. The summed E-state index contributed by atoms with van der Waals surface area (Å²) in [6.07, 6.45) is 9.09. The van der Waals surface area contributed by atoms with Gasteiger partial charge in [0.05, 0.1) is 50.2 Å². The minimum absolute atomic E-state index is 0.0648. The molecule has 328 valence electrons. The molecule has 55 heavy (non-hydrogen) atoms. The fourth-order valence-electron chi connectivity index (χ4n) is 2.79. The maximum absolute atomic E-state index is 11.1. The van der Waals surface area contributed by atoms with Gasteiger partial charge in [-0.05, 0) is 77.4 Å². The Balaban J connectivity index is -0.000000277. The van der Waals surface area contributed by atoms with Gasteiger partial charge >= 0.3 is 23.0 Å². The zero-order valence-corrected chi connectivity index (χ0v) is 38.7. The van der Waals surface area contributed by atoms with E-state index in [4.69, 9.17) is 46.5 Å². The highest BCUT2D eigenvalue weighted by molar-refractivity contribution is 8.22. The quantitative estimate of drug-likeness (QED) is 0.0991. The average molecular weight is 848 g/mol. The lowest BCUT2D eigenvalue weighted by Gasteiger charge is -2.02. The van der Waals surface area contributed by atoms with Crippen LogP contribution in [0.5, 0.6) is 0 Å². The number of thiol groups is 1. The number of epoxide rings is 2. The van der Waals surface area contributed by atoms with Gasteiger partial charge in [0.1, 0.15) is 6.10 Å². The number of carbonyl (C=O) groups excluding carboxylic acids is 1. The number of carbonyl (C=O) groups is 1. The van der Waals surface area contributed by atoms with Crippen LogP contribution in [-0.2, 0) is 44.9 Å². The number of hydrogen-bond acceptors (Lipinski definition) is 14. The molecule has 3 fully saturated rings. The summed E-state index contributed by atoms with van der Waals surface area (Å²) < 4.78 is 23.2. The van der Waals surface area contributed by atoms with Crippen molar-refractivity contribution < 1.29 is 39.1 Å². The Hall–Kier alpha value is -1.73. The normalized spacial score (nSPS) is 18.6. The number of esters is 1. The summed E-state index contributed by atoms with van der Waals surface area (Å²) in [5.41, 5.74) is -1.53. The Kier molecular flexibility index (Phi) is 41.2. The van der Waals surface area contributed by atoms with Gasteiger partial charge in [0, 0.05) is 39.3 Å². The Morgan fingerprint density at radius 2 is 1.33 bits per heavy atom. The van der Waals surface area contributed by atoms with Gasteiger partial charge in [-0.3, -0.25) is 4.79 Å². The van der Waals surface area contributed by atoms with E-state index in [2.05, 4.69) is 40.3 Å². The molecule has 0 spiro atoms. The van der Waals surface area contributed by atoms with Crippen LogP contribution >= 0.6 is 36.6 Å². The maximum Gasteiger partial charge on any atom is 0.335 e. The van der Waals surface area contributed by atoms with Crippen LogP contribution in [0, 0.1) is 0 Å². The summed E-state index contributed by atoms with van der Waals surface area (Å²) in [5, 5.41) is 24.9. The van der Waals surface area contributed by atoms with Crippen molar-refractivity contribution in [2.75, 3.05) is 37.9 Å². The highest BCUT2D eigenvalue weighted by Gasteiger charge is 2.36. The van der Waals surface area contributed by atoms with Crippen molar-refractivity contribution in [2.24, 2.45) is 21.1 Å². The van der Waals surface area contributed by atoms with Crippen molar-refractivity contribution in [3.8, 4) is 0 Å². The van der Waals surface area contributed by atoms with E-state index in [0.717, 1.165) is 82.0 Å². The van der Waals surface area contributed by atoms with Crippen LogP contribution in [0.25, 0.3) is 0 Å². The first-order chi connectivity index (χ1) is 25.8. The minimum Gasteiger partial charge on any atom is -0.474 e. The molecule has 3 aliphatic heterocycles. The molecule has 3 aliphatic rings. The number of aromatic nitrogens is 3. The molecule has 17 heteroatoms. The second-order valence-electron chi connectivity index (χ2n) is 12.8. The number of nitrogens with zero attached hydrogens (tertiary/aromatic N) is 3. The van der Waals surface area contributed by atoms with E-state index in [1.807, 2.05) is 34.6 Å². The maximum atomic E-state index is 11.1. The van der Waals surface area contributed by atoms with Gasteiger partial charge in [0.15, 0.2) is 0 Å². The number of aliphatic hydroxyl groups excluding tert-OH is 3. The van der Waals surface area contributed by atoms with Crippen molar-refractivity contribution in [3.05, 3.63) is 31.5 Å². The molecule has 0 aliphatic carbocycles. The summed E-state index contributed by atoms with van der Waals surface area (Å²) >= 11 is 10.3. The molecule has 1 aromatic heterocycles. The molecule has 0 aromatic carbocycles. The van der Waals surface area contributed by atoms with Crippen molar-refractivity contribution in [1.82, 2.24) is 13.7 Å². The zero-order valence-electron chi connectivity index (χ0n) is 36.1. The number of thiocarbonyl (C=S) groups is 1. The summed E-state index contributed by atoms with van der Waals surface area (Å²) in [4.78, 5) is 43.8. The van der Waals surface area contributed by atoms with Gasteiger partial charge in [-0.2, -0.15) is 12.6 Å². The summed E-state index contributed by atoms with van der Waals surface area (Å²) in [5.74, 6) is 1.48. The monoisotopic (exact) mass is 847 g/mol. The van der Waals surface area contributed by atoms with Gasteiger partial charge in [-0.15, -0.1) is 0 Å². The van der Waals surface area contributed by atoms with Crippen molar-refractivity contribution in [3.63, 3.8) is 0 Å². The lowest BCUT2D eigenvalue weighted by molar-refractivity contribution is -0.143. The molecule has 4 rings (SSSR count). The third-order valence-electron chi connectivity index (χ3n) is 7.61. The lowest BCUT2D eigenvalue weighted by Crippen LogP contribution is -2.51. The predicted octanol–water partition coefficient (Wildman–Crippen LogP) is 5.17. The van der Waals surface area contributed by atoms with E-state index < -0.39 is 17.1 Å². The third-order valence-corrected chi connectivity index (χ3v) is 9.15. The van der Waals surface area contributed by atoms with Gasteiger partial charge in [-0.25, -0.2) is 28.1 Å². The number of aliphatic hydroxyl groups is 3. The largest absolute Gasteiger partial charge is 0.474 e. The van der Waals surface area contributed by atoms with Crippen LogP contribution in [-0.4, -0.2) is 107 Å². The molecule has 3 N–H and O–H groups in total. The van der Waals surface area contributed by atoms with Crippen LogP contribution in [0.2, 0.25) is 0 Å². The van der Waals surface area contributed by atoms with Crippen LogP contribution in [0.3, 0.4) is 0 Å². The predicted molar refractivity (Wildman–Crippen MR) is 233 cm³/mol. The smallest absolute Gasteiger partial charge is 0.335 e. The topological polar surface area (TPSA) is 187 Å². The molecular formula is C38H77N3O11S3. The first-order valence-electron chi connectivity index (χ1n) is 19.4. The van der Waals surface area contributed by atoms with E-state index in [-0.39, 0.29) is 18.2 Å². The fourth-order valence-corrected chi connectivity index (χ4v) is 4.14. The average Bonchev–Trinajstić information content (AvgIpc) is 4.14. The number of rotatable bonds is 11. The number of thioether (sulfide) groups is 1. The Bertz CT molecular complexity index is 1160. The molecule has 1 aromatic rings. The van der Waals surface area contributed by atoms with Crippen molar-refractivity contribution in [1.29, 1.82) is 0 Å². The van der Waals surface area contributed by atoms with Gasteiger partial charge < -0.3 is 34.3 Å². The molecule has 4 heterocycles. The highest BCUT2D eigenvalue weighted by atomic mass is 32.2. The van der Waals surface area contributed by atoms with Crippen LogP contribution < -0.4 is 17.1 Å². The Morgan fingerprint density at radius 1 is 0.909 bits per heavy atom. The molecule has 0 radical (unpaired) electrons. The standard InChI is InChI=1S/C6H9N3O3.C6H12O2S.C5H8OS2.C5H10O.C5H12O.C4H8O.C4H10O.C3H8O/c1-7-4(10)8(2)6(12)9(3)5(7)11;1-2-4-8-6(7)3-5-9;1-2-4-3-8-5(7)6-4;1-3-5(2)4-6-5;1-3-5(6)4-2;1-2-4-3-5-4;1-3-4(2)5;1-2-3-4/h1-3H3;9H,2-5H2,1H3;4H,2-3H2,1H3;3-4H2,1-2H3;5-6H,3-4H2,1-2H3;4H,2-3H2,1H3;4-5H,3H2,1-2H3;4H,2-3H2,1H3. The van der Waals surface area contributed by atoms with Gasteiger partial charge in [-0.1, -0.05) is 67.2 Å². The summed E-state index contributed by atoms with van der Waals surface area (Å²) in [7, 11) is 3.97. The minimum atomic E-state index is -0.608. The van der Waals surface area contributed by atoms with Crippen molar-refractivity contribution >= 4 is 47.0 Å². The van der Waals surface area contributed by atoms with Gasteiger partial charge in [0.25, 0.3) is 0 Å². The van der Waals surface area contributed by atoms with Crippen LogP contribution in [0.4, 0.5) is 0 Å². The fraction of sp³-hybridized carbons (Fsp3) is 0.868. The first kappa shape index (κ1) is 60.0. The van der Waals surface area contributed by atoms with Crippen LogP contribution in [0.15, 0.2) is 14.4 Å². The number of hydrogen-bond donors (Lipinski definition) is 4. The zero-order chi connectivity index (χ0) is 43.6. The molecule has 3 saturated heterocycles.